The van der Waals surface area contributed by atoms with Gasteiger partial charge in [0.25, 0.3) is 0 Å². The number of allylic oxidation sites excluding steroid dienone is 5. The quantitative estimate of drug-likeness (QED) is 0.0375. The highest BCUT2D eigenvalue weighted by Crippen LogP contribution is 2.16. The zero-order chi connectivity index (χ0) is 37.3. The lowest BCUT2D eigenvalue weighted by atomic mass is 10.0. The molecular weight excluding hydrogens is 631 g/mol. The van der Waals surface area contributed by atoms with E-state index in [1.54, 1.807) is 6.08 Å². The van der Waals surface area contributed by atoms with Gasteiger partial charge >= 0.3 is 0 Å². The van der Waals surface area contributed by atoms with Gasteiger partial charge in [-0.05, 0) is 38.5 Å². The van der Waals surface area contributed by atoms with Crippen LogP contribution in [0.25, 0.3) is 0 Å². The van der Waals surface area contributed by atoms with Gasteiger partial charge in [0, 0.05) is 0 Å². The predicted molar refractivity (Wildman–Crippen MR) is 222 cm³/mol. The Balaban J connectivity index is 3.60. The van der Waals surface area contributed by atoms with Gasteiger partial charge in [-0.3, -0.25) is 4.79 Å². The molecule has 5 heteroatoms. The lowest BCUT2D eigenvalue weighted by Crippen LogP contribution is -2.48. The number of carbonyl (C=O) groups excluding carboxylic acids is 1. The summed E-state index contributed by atoms with van der Waals surface area (Å²) in [5.41, 5.74) is 0. The molecule has 51 heavy (non-hydrogen) atoms. The molecule has 1 amide bonds. The number of hydrogen-bond acceptors (Lipinski definition) is 4. The minimum atomic E-state index is -1.11. The van der Waals surface area contributed by atoms with E-state index in [-0.39, 0.29) is 6.61 Å². The van der Waals surface area contributed by atoms with E-state index in [0.29, 0.717) is 6.42 Å². The second-order valence-corrected chi connectivity index (χ2v) is 15.2. The van der Waals surface area contributed by atoms with E-state index in [1.807, 2.05) is 6.08 Å². The molecule has 0 spiro atoms. The second-order valence-electron chi connectivity index (χ2n) is 15.2. The summed E-state index contributed by atoms with van der Waals surface area (Å²) < 4.78 is 0. The van der Waals surface area contributed by atoms with Crippen molar-refractivity contribution in [1.82, 2.24) is 5.32 Å². The Morgan fingerprint density at radius 2 is 0.804 bits per heavy atom. The summed E-state index contributed by atoms with van der Waals surface area (Å²) in [5.74, 6) is -0.516. The molecule has 0 aliphatic rings. The number of nitrogens with one attached hydrogen (secondary N) is 1. The minimum absolute atomic E-state index is 0.380. The molecule has 0 aromatic rings. The van der Waals surface area contributed by atoms with Gasteiger partial charge in [0.1, 0.15) is 6.10 Å². The first kappa shape index (κ1) is 49.6. The zero-order valence-corrected chi connectivity index (χ0v) is 34.0. The lowest BCUT2D eigenvalue weighted by Gasteiger charge is -2.21. The Morgan fingerprint density at radius 1 is 0.471 bits per heavy atom. The van der Waals surface area contributed by atoms with Crippen LogP contribution in [0.15, 0.2) is 36.5 Å². The van der Waals surface area contributed by atoms with E-state index in [4.69, 9.17) is 0 Å². The van der Waals surface area contributed by atoms with Gasteiger partial charge in [-0.1, -0.05) is 224 Å². The van der Waals surface area contributed by atoms with Crippen molar-refractivity contribution in [1.29, 1.82) is 0 Å². The number of hydrogen-bond donors (Lipinski definition) is 4. The average molecular weight is 718 g/mol. The Morgan fingerprint density at radius 3 is 1.18 bits per heavy atom. The van der Waals surface area contributed by atoms with Crippen molar-refractivity contribution in [3.05, 3.63) is 36.5 Å². The summed E-state index contributed by atoms with van der Waals surface area (Å²) in [6, 6.07) is -0.817. The summed E-state index contributed by atoms with van der Waals surface area (Å²) in [7, 11) is 0. The maximum absolute atomic E-state index is 12.4. The van der Waals surface area contributed by atoms with E-state index in [1.165, 1.54) is 161 Å². The normalized spacial score (nSPS) is 13.9. The van der Waals surface area contributed by atoms with Crippen molar-refractivity contribution >= 4 is 5.91 Å². The zero-order valence-electron chi connectivity index (χ0n) is 34.0. The molecule has 0 saturated heterocycles. The molecule has 0 bridgehead atoms. The van der Waals surface area contributed by atoms with Gasteiger partial charge in [-0.25, -0.2) is 0 Å². The molecule has 0 aromatic heterocycles. The van der Waals surface area contributed by atoms with Crippen molar-refractivity contribution in [2.24, 2.45) is 0 Å². The highest BCUT2D eigenvalue weighted by molar-refractivity contribution is 5.80. The molecule has 0 saturated carbocycles. The van der Waals surface area contributed by atoms with Crippen LogP contribution < -0.4 is 5.32 Å². The summed E-state index contributed by atoms with van der Waals surface area (Å²) in [6.45, 7) is 4.12. The number of aliphatic hydroxyl groups excluding tert-OH is 3. The monoisotopic (exact) mass is 718 g/mol. The number of unbranched alkanes of at least 4 members (excludes halogenated alkanes) is 28. The molecule has 3 unspecified atom stereocenters. The van der Waals surface area contributed by atoms with Crippen LogP contribution in [-0.4, -0.2) is 46.1 Å². The van der Waals surface area contributed by atoms with Gasteiger partial charge in [0.05, 0.1) is 18.8 Å². The molecule has 4 N–H and O–H groups in total. The van der Waals surface area contributed by atoms with Crippen LogP contribution in [0.4, 0.5) is 0 Å². The fraction of sp³-hybridized carbons (Fsp3) is 0.848. The standard InChI is InChI=1S/C46H87NO4/c1-3-5-7-9-11-13-15-17-18-19-20-21-22-23-24-25-26-27-28-29-31-33-35-37-39-41-45(50)46(51)47-43(42-48)44(49)40-38-36-34-32-30-16-14-12-10-8-6-4-2/h10,12,30,32,38,40,43-45,48-50H,3-9,11,13-29,31,33-37,39,41-42H2,1-2H3,(H,47,51)/b12-10+,32-30+,40-38+. The maximum atomic E-state index is 12.4. The minimum Gasteiger partial charge on any atom is -0.394 e. The molecule has 0 aromatic carbocycles. The highest BCUT2D eigenvalue weighted by atomic mass is 16.3. The molecule has 0 radical (unpaired) electrons. The van der Waals surface area contributed by atoms with Crippen molar-refractivity contribution in [2.75, 3.05) is 6.61 Å². The molecule has 300 valence electrons. The van der Waals surface area contributed by atoms with Gasteiger partial charge in [0.2, 0.25) is 5.91 Å². The van der Waals surface area contributed by atoms with Crippen LogP contribution in [0.3, 0.4) is 0 Å². The van der Waals surface area contributed by atoms with Crippen LogP contribution in [-0.2, 0) is 4.79 Å². The Bertz CT molecular complexity index is 794. The number of aliphatic hydroxyl groups is 3. The number of rotatable bonds is 40. The van der Waals surface area contributed by atoms with E-state index in [0.717, 1.165) is 44.9 Å². The van der Waals surface area contributed by atoms with Crippen molar-refractivity contribution in [3.8, 4) is 0 Å². The summed E-state index contributed by atoms with van der Waals surface area (Å²) >= 11 is 0. The SMILES string of the molecule is CCCC/C=C/CC/C=C/CC/C=C/C(O)C(CO)NC(=O)C(O)CCCCCCCCCCCCCCCCCCCCCCCCCCC. The predicted octanol–water partition coefficient (Wildman–Crippen LogP) is 12.8. The van der Waals surface area contributed by atoms with E-state index >= 15 is 0 Å². The molecule has 0 aliphatic heterocycles. The molecule has 0 heterocycles. The molecule has 5 nitrogen and oxygen atoms in total. The Labute approximate surface area is 317 Å². The number of carbonyl (C=O) groups is 1. The third-order valence-electron chi connectivity index (χ3n) is 10.2. The van der Waals surface area contributed by atoms with Crippen LogP contribution >= 0.6 is 0 Å². The smallest absolute Gasteiger partial charge is 0.249 e. The topological polar surface area (TPSA) is 89.8 Å². The summed E-state index contributed by atoms with van der Waals surface area (Å²) in [5, 5.41) is 33.0. The van der Waals surface area contributed by atoms with Gasteiger partial charge < -0.3 is 20.6 Å². The fourth-order valence-electron chi connectivity index (χ4n) is 6.67. The van der Waals surface area contributed by atoms with Gasteiger partial charge in [0.15, 0.2) is 0 Å². The average Bonchev–Trinajstić information content (AvgIpc) is 3.13. The summed E-state index contributed by atoms with van der Waals surface area (Å²) in [6.07, 6.45) is 51.9. The molecule has 0 fully saturated rings. The first-order valence-electron chi connectivity index (χ1n) is 22.3. The van der Waals surface area contributed by atoms with Crippen LogP contribution in [0.5, 0.6) is 0 Å². The Kier molecular flexibility index (Phi) is 40.2. The van der Waals surface area contributed by atoms with Gasteiger partial charge in [-0.2, -0.15) is 0 Å². The third-order valence-corrected chi connectivity index (χ3v) is 10.2. The molecule has 3 atom stereocenters. The van der Waals surface area contributed by atoms with E-state index < -0.39 is 24.2 Å². The van der Waals surface area contributed by atoms with Gasteiger partial charge in [-0.15, -0.1) is 0 Å². The molecule has 0 rings (SSSR count). The van der Waals surface area contributed by atoms with Crippen LogP contribution in [0.2, 0.25) is 0 Å². The van der Waals surface area contributed by atoms with Crippen LogP contribution in [0, 0.1) is 0 Å². The van der Waals surface area contributed by atoms with E-state index in [2.05, 4.69) is 43.5 Å². The molecular formula is C46H87NO4. The van der Waals surface area contributed by atoms with Crippen molar-refractivity contribution < 1.29 is 20.1 Å². The van der Waals surface area contributed by atoms with Crippen LogP contribution in [0.1, 0.15) is 226 Å². The largest absolute Gasteiger partial charge is 0.394 e. The first-order chi connectivity index (χ1) is 25.1. The Hall–Kier alpha value is -1.43. The van der Waals surface area contributed by atoms with Crippen molar-refractivity contribution in [2.45, 2.75) is 244 Å². The summed E-state index contributed by atoms with van der Waals surface area (Å²) in [4.78, 5) is 12.4. The highest BCUT2D eigenvalue weighted by Gasteiger charge is 2.22. The number of amides is 1. The molecule has 0 aliphatic carbocycles. The third kappa shape index (κ3) is 36.7. The van der Waals surface area contributed by atoms with Crippen molar-refractivity contribution in [3.63, 3.8) is 0 Å². The second kappa shape index (κ2) is 41.3. The fourth-order valence-corrected chi connectivity index (χ4v) is 6.67. The maximum Gasteiger partial charge on any atom is 0.249 e. The first-order valence-corrected chi connectivity index (χ1v) is 22.3. The lowest BCUT2D eigenvalue weighted by molar-refractivity contribution is -0.131. The van der Waals surface area contributed by atoms with E-state index in [9.17, 15) is 20.1 Å².